The lowest BCUT2D eigenvalue weighted by molar-refractivity contribution is -0.160. The molecule has 2 aliphatic rings. The number of halogens is 6. The number of nitrogens with one attached hydrogen (secondary N) is 2. The zero-order valence-electron chi connectivity index (χ0n) is 18.0. The van der Waals surface area contributed by atoms with Gasteiger partial charge in [-0.2, -0.15) is 18.3 Å². The van der Waals surface area contributed by atoms with Crippen LogP contribution in [0.3, 0.4) is 0 Å². The summed E-state index contributed by atoms with van der Waals surface area (Å²) in [5, 5.41) is 5.94. The minimum Gasteiger partial charge on any atom is -0.320 e. The number of alkyl halides is 6. The fourth-order valence-corrected chi connectivity index (χ4v) is 4.99. The summed E-state index contributed by atoms with van der Waals surface area (Å²) in [4.78, 5) is 16.8. The number of hydrogen-bond donors (Lipinski definition) is 2. The molecule has 0 radical (unpaired) electrons. The van der Waals surface area contributed by atoms with E-state index in [1.165, 1.54) is 13.0 Å². The number of nitrogens with zero attached hydrogens (tertiary/aromatic N) is 3. The van der Waals surface area contributed by atoms with Crippen molar-refractivity contribution in [1.29, 1.82) is 4.78 Å². The van der Waals surface area contributed by atoms with Gasteiger partial charge in [-0.25, -0.2) is 27.1 Å². The van der Waals surface area contributed by atoms with E-state index < -0.39 is 81.6 Å². The quantitative estimate of drug-likeness (QED) is 0.544. The first-order valence-corrected chi connectivity index (χ1v) is 12.2. The van der Waals surface area contributed by atoms with E-state index in [1.54, 1.807) is 0 Å². The van der Waals surface area contributed by atoms with Crippen LogP contribution in [0.5, 0.6) is 0 Å². The molecule has 2 fully saturated rings. The van der Waals surface area contributed by atoms with Gasteiger partial charge < -0.3 is 5.32 Å². The van der Waals surface area contributed by atoms with Crippen LogP contribution in [-0.4, -0.2) is 43.2 Å². The maximum atomic E-state index is 14.1. The standard InChI is InChI=1S/C20H21F6N5O2S/c1-18(7-19(22,23)8-18)9-31-16(14(20(24,25)26)15(30-31)11-6-12(11)21)17(32)29-10-3-4-28-13(5-10)34(2,27)33/h3-5,11-12,27H,6-9H2,1-2H3,(H,28,29,32)/t11?,12?,34-/m0/s1. The van der Waals surface area contributed by atoms with Crippen molar-refractivity contribution < 1.29 is 35.3 Å². The Morgan fingerprint density at radius 2 is 1.97 bits per heavy atom. The lowest BCUT2D eigenvalue weighted by atomic mass is 9.67. The van der Waals surface area contributed by atoms with E-state index in [9.17, 15) is 35.3 Å². The number of pyridine rings is 1. The molecule has 2 heterocycles. The molecule has 0 saturated heterocycles. The van der Waals surface area contributed by atoms with E-state index in [0.29, 0.717) is 0 Å². The van der Waals surface area contributed by atoms with Crippen LogP contribution in [-0.2, 0) is 22.5 Å². The highest BCUT2D eigenvalue weighted by atomic mass is 32.2. The second-order valence-corrected chi connectivity index (χ2v) is 11.4. The fourth-order valence-electron chi connectivity index (χ4n) is 4.37. The lowest BCUT2D eigenvalue weighted by Crippen LogP contribution is -2.47. The molecule has 0 aromatic carbocycles. The fraction of sp³-hybridized carbons (Fsp3) is 0.550. The zero-order valence-corrected chi connectivity index (χ0v) is 18.9. The molecule has 0 aliphatic heterocycles. The Bertz CT molecular complexity index is 1250. The zero-order chi connectivity index (χ0) is 25.3. The highest BCUT2D eigenvalue weighted by molar-refractivity contribution is 7.91. The molecular formula is C20H21F6N5O2S. The summed E-state index contributed by atoms with van der Waals surface area (Å²) in [6.45, 7) is 1.06. The van der Waals surface area contributed by atoms with Gasteiger partial charge in [-0.3, -0.25) is 9.48 Å². The molecule has 2 aliphatic carbocycles. The molecule has 1 amide bonds. The number of carbonyl (C=O) groups excluding carboxylic acids is 1. The van der Waals surface area contributed by atoms with E-state index in [4.69, 9.17) is 4.78 Å². The van der Waals surface area contributed by atoms with Gasteiger partial charge in [-0.05, 0) is 24.0 Å². The average Bonchev–Trinajstić information content (AvgIpc) is 3.24. The second-order valence-electron chi connectivity index (χ2n) is 9.32. The summed E-state index contributed by atoms with van der Waals surface area (Å²) in [5.74, 6) is -5.35. The van der Waals surface area contributed by atoms with Crippen molar-refractivity contribution in [1.82, 2.24) is 14.8 Å². The molecule has 2 N–H and O–H groups in total. The summed E-state index contributed by atoms with van der Waals surface area (Å²) in [6, 6.07) is 2.32. The van der Waals surface area contributed by atoms with Crippen molar-refractivity contribution in [3.05, 3.63) is 35.3 Å². The van der Waals surface area contributed by atoms with E-state index in [-0.39, 0.29) is 17.1 Å². The van der Waals surface area contributed by atoms with Gasteiger partial charge in [0.05, 0.1) is 15.4 Å². The molecule has 2 aromatic rings. The largest absolute Gasteiger partial charge is 0.420 e. The molecule has 0 spiro atoms. The third-order valence-electron chi connectivity index (χ3n) is 5.84. The van der Waals surface area contributed by atoms with Crippen molar-refractivity contribution in [2.75, 3.05) is 11.6 Å². The summed E-state index contributed by atoms with van der Waals surface area (Å²) >= 11 is 0. The lowest BCUT2D eigenvalue weighted by Gasteiger charge is -2.44. The van der Waals surface area contributed by atoms with Crippen molar-refractivity contribution >= 4 is 21.3 Å². The van der Waals surface area contributed by atoms with Gasteiger partial charge in [0.2, 0.25) is 5.92 Å². The molecule has 7 nitrogen and oxygen atoms in total. The monoisotopic (exact) mass is 509 g/mol. The number of amides is 1. The van der Waals surface area contributed by atoms with Crippen molar-refractivity contribution in [3.63, 3.8) is 0 Å². The van der Waals surface area contributed by atoms with Crippen molar-refractivity contribution in [2.24, 2.45) is 5.41 Å². The van der Waals surface area contributed by atoms with Crippen molar-refractivity contribution in [2.45, 2.75) is 61.9 Å². The van der Waals surface area contributed by atoms with Gasteiger partial charge in [0.15, 0.2) is 0 Å². The van der Waals surface area contributed by atoms with Crippen LogP contribution in [0.25, 0.3) is 0 Å². The highest BCUT2D eigenvalue weighted by Crippen LogP contribution is 2.54. The maximum Gasteiger partial charge on any atom is 0.420 e. The molecule has 2 unspecified atom stereocenters. The molecule has 14 heteroatoms. The summed E-state index contributed by atoms with van der Waals surface area (Å²) in [5.41, 5.74) is -4.13. The molecule has 2 aromatic heterocycles. The number of hydrogen-bond acceptors (Lipinski definition) is 5. The molecule has 0 bridgehead atoms. The van der Waals surface area contributed by atoms with Crippen LogP contribution < -0.4 is 5.32 Å². The number of aromatic nitrogens is 3. The Kier molecular flexibility index (Phi) is 5.53. The van der Waals surface area contributed by atoms with Gasteiger partial charge in [0.25, 0.3) is 5.91 Å². The smallest absolute Gasteiger partial charge is 0.320 e. The van der Waals surface area contributed by atoms with Crippen LogP contribution in [0, 0.1) is 10.2 Å². The third kappa shape index (κ3) is 4.77. The molecule has 186 valence electrons. The Hall–Kier alpha value is -2.64. The highest BCUT2D eigenvalue weighted by Gasteiger charge is 2.55. The number of rotatable bonds is 6. The summed E-state index contributed by atoms with van der Waals surface area (Å²) in [7, 11) is -3.27. The molecular weight excluding hydrogens is 488 g/mol. The van der Waals surface area contributed by atoms with E-state index >= 15 is 0 Å². The second kappa shape index (κ2) is 7.68. The topological polar surface area (TPSA) is 101 Å². The van der Waals surface area contributed by atoms with Crippen molar-refractivity contribution in [3.8, 4) is 0 Å². The van der Waals surface area contributed by atoms with Crippen LogP contribution in [0.4, 0.5) is 32.0 Å². The van der Waals surface area contributed by atoms with Crippen LogP contribution >= 0.6 is 0 Å². The van der Waals surface area contributed by atoms with Crippen LogP contribution in [0.2, 0.25) is 0 Å². The normalized spacial score (nSPS) is 24.7. The SMILES string of the molecule is CC1(Cn2nc(C3CC3F)c(C(F)(F)F)c2C(=O)Nc2ccnc([S@@](C)(=N)=O)c2)CC(F)(F)C1. The first kappa shape index (κ1) is 24.5. The minimum absolute atomic E-state index is 0.0737. The third-order valence-corrected chi connectivity index (χ3v) is 6.86. The van der Waals surface area contributed by atoms with Gasteiger partial charge in [0, 0.05) is 43.4 Å². The van der Waals surface area contributed by atoms with Crippen LogP contribution in [0.1, 0.15) is 53.8 Å². The number of carbonyl (C=O) groups is 1. The predicted octanol–water partition coefficient (Wildman–Crippen LogP) is 4.85. The first-order chi connectivity index (χ1) is 15.5. The van der Waals surface area contributed by atoms with Gasteiger partial charge in [-0.1, -0.05) is 6.92 Å². The van der Waals surface area contributed by atoms with E-state index in [0.717, 1.165) is 23.2 Å². The Balaban J connectivity index is 1.76. The Morgan fingerprint density at radius 1 is 1.35 bits per heavy atom. The van der Waals surface area contributed by atoms with Gasteiger partial charge in [-0.15, -0.1) is 0 Å². The van der Waals surface area contributed by atoms with Crippen LogP contribution in [0.15, 0.2) is 23.4 Å². The summed E-state index contributed by atoms with van der Waals surface area (Å²) < 4.78 is 103. The van der Waals surface area contributed by atoms with E-state index in [2.05, 4.69) is 15.4 Å². The average molecular weight is 509 g/mol. The van der Waals surface area contributed by atoms with Gasteiger partial charge >= 0.3 is 6.18 Å². The summed E-state index contributed by atoms with van der Waals surface area (Å²) in [6.07, 6.45) is -5.74. The first-order valence-electron chi connectivity index (χ1n) is 10.2. The van der Waals surface area contributed by atoms with E-state index in [1.807, 2.05) is 0 Å². The molecule has 34 heavy (non-hydrogen) atoms. The molecule has 3 atom stereocenters. The Morgan fingerprint density at radius 3 is 2.47 bits per heavy atom. The minimum atomic E-state index is -5.06. The Labute approximate surface area is 190 Å². The maximum absolute atomic E-state index is 14.1. The predicted molar refractivity (Wildman–Crippen MR) is 109 cm³/mol. The molecule has 4 rings (SSSR count). The molecule has 2 saturated carbocycles. The van der Waals surface area contributed by atoms with Gasteiger partial charge in [0.1, 0.15) is 22.5 Å². The number of anilines is 1.